The first kappa shape index (κ1) is 20.4. The predicted molar refractivity (Wildman–Crippen MR) is 130 cm³/mol. The number of imidazole rings is 1. The molecule has 0 spiro atoms. The molecule has 0 fully saturated rings. The van der Waals surface area contributed by atoms with E-state index in [1.54, 1.807) is 25.4 Å². The van der Waals surface area contributed by atoms with Crippen LogP contribution >= 0.6 is 11.3 Å². The van der Waals surface area contributed by atoms with Crippen molar-refractivity contribution in [1.29, 1.82) is 0 Å². The molecule has 0 saturated carbocycles. The normalized spacial score (nSPS) is 17.2. The van der Waals surface area contributed by atoms with E-state index in [-0.39, 0.29) is 16.9 Å². The van der Waals surface area contributed by atoms with Gasteiger partial charge < -0.3 is 10.1 Å². The van der Waals surface area contributed by atoms with Gasteiger partial charge in [-0.3, -0.25) is 19.9 Å². The summed E-state index contributed by atoms with van der Waals surface area (Å²) in [5, 5.41) is 18.1. The number of aromatic nitrogens is 6. The largest absolute Gasteiger partial charge is 0.506 e. The summed E-state index contributed by atoms with van der Waals surface area (Å²) in [5.74, 6) is 1.34. The van der Waals surface area contributed by atoms with E-state index in [1.165, 1.54) is 17.5 Å². The van der Waals surface area contributed by atoms with Crippen molar-refractivity contribution in [2.75, 3.05) is 0 Å². The van der Waals surface area contributed by atoms with E-state index in [9.17, 15) is 9.90 Å². The van der Waals surface area contributed by atoms with Gasteiger partial charge in [-0.2, -0.15) is 5.10 Å². The van der Waals surface area contributed by atoms with Crippen LogP contribution in [0.25, 0.3) is 33.7 Å². The van der Waals surface area contributed by atoms with Crippen LogP contribution in [0.2, 0.25) is 0 Å². The minimum Gasteiger partial charge on any atom is -0.506 e. The lowest BCUT2D eigenvalue weighted by Gasteiger charge is -2.28. The summed E-state index contributed by atoms with van der Waals surface area (Å²) in [7, 11) is 0. The summed E-state index contributed by atoms with van der Waals surface area (Å²) >= 11 is 1.50. The van der Waals surface area contributed by atoms with Crippen LogP contribution in [0.3, 0.4) is 0 Å². The third-order valence-corrected chi connectivity index (χ3v) is 7.59. The zero-order chi connectivity index (χ0) is 23.4. The number of rotatable bonds is 4. The molecule has 0 saturated heterocycles. The summed E-state index contributed by atoms with van der Waals surface area (Å²) in [6.45, 7) is 3.72. The van der Waals surface area contributed by atoms with Crippen molar-refractivity contribution in [2.45, 2.75) is 25.7 Å². The zero-order valence-electron chi connectivity index (χ0n) is 18.3. The third kappa shape index (κ3) is 3.14. The summed E-state index contributed by atoms with van der Waals surface area (Å²) in [6, 6.07) is 7.40. The van der Waals surface area contributed by atoms with Crippen LogP contribution in [-0.4, -0.2) is 47.2 Å². The number of nitrogens with zero attached hydrogens (tertiary/aromatic N) is 5. The van der Waals surface area contributed by atoms with Crippen LogP contribution in [-0.2, 0) is 5.41 Å². The SMILES string of the molecule is CC(=O)c1ccc(C2(C)CC=Nc3nc(-c4n[nH]c5cnc(-c6cncc(O)c6)cc45)[nH]c32)s1. The topological polar surface area (TPSA) is 133 Å². The van der Waals surface area contributed by atoms with Crippen LogP contribution in [0, 0.1) is 0 Å². The van der Waals surface area contributed by atoms with Crippen LogP contribution < -0.4 is 0 Å². The summed E-state index contributed by atoms with van der Waals surface area (Å²) in [5.41, 5.74) is 3.28. The third-order valence-electron chi connectivity index (χ3n) is 6.14. The van der Waals surface area contributed by atoms with Crippen molar-refractivity contribution in [3.63, 3.8) is 0 Å². The number of carbonyl (C=O) groups is 1. The monoisotopic (exact) mass is 469 g/mol. The first-order chi connectivity index (χ1) is 16.4. The molecule has 1 unspecified atom stereocenters. The van der Waals surface area contributed by atoms with Gasteiger partial charge in [-0.05, 0) is 44.5 Å². The highest BCUT2D eigenvalue weighted by Crippen LogP contribution is 2.45. The van der Waals surface area contributed by atoms with E-state index < -0.39 is 0 Å². The number of ketones is 1. The number of Topliss-reactive ketones (excluding diaryl/α,β-unsaturated/α-hetero) is 1. The summed E-state index contributed by atoms with van der Waals surface area (Å²) < 4.78 is 0. The number of aromatic amines is 2. The molecule has 0 amide bonds. The predicted octanol–water partition coefficient (Wildman–Crippen LogP) is 4.79. The molecule has 10 heteroatoms. The lowest BCUT2D eigenvalue weighted by Crippen LogP contribution is -2.25. The molecular weight excluding hydrogens is 450 g/mol. The molecule has 1 atom stereocenters. The molecule has 0 bridgehead atoms. The Balaban J connectivity index is 1.46. The second-order valence-corrected chi connectivity index (χ2v) is 9.55. The first-order valence-electron chi connectivity index (χ1n) is 10.7. The number of carbonyl (C=O) groups excluding carboxylic acids is 1. The zero-order valence-corrected chi connectivity index (χ0v) is 19.1. The maximum absolute atomic E-state index is 11.9. The molecule has 1 aliphatic rings. The lowest BCUT2D eigenvalue weighted by molar-refractivity contribution is 0.102. The highest BCUT2D eigenvalue weighted by Gasteiger charge is 2.37. The standard InChI is InChI=1S/C24H19N7O2S/c1-12(32)18-3-4-19(34-18)24(2)5-6-26-23-21(24)28-22(29-23)20-15-8-16(27-11-17(15)30-31-20)13-7-14(33)10-25-9-13/h3-4,6-11,33H,5H2,1-2H3,(H,28,29)(H,30,31). The van der Waals surface area contributed by atoms with Crippen LogP contribution in [0.1, 0.15) is 40.5 Å². The van der Waals surface area contributed by atoms with Gasteiger partial charge in [0.1, 0.15) is 11.4 Å². The van der Waals surface area contributed by atoms with Crippen molar-refractivity contribution in [1.82, 2.24) is 30.1 Å². The van der Waals surface area contributed by atoms with Crippen LogP contribution in [0.5, 0.6) is 5.75 Å². The number of H-pyrrole nitrogens is 2. The Morgan fingerprint density at radius 2 is 2.09 bits per heavy atom. The van der Waals surface area contributed by atoms with Gasteiger partial charge in [-0.1, -0.05) is 0 Å². The molecule has 34 heavy (non-hydrogen) atoms. The number of nitrogens with one attached hydrogen (secondary N) is 2. The van der Waals surface area contributed by atoms with Gasteiger partial charge in [-0.25, -0.2) is 9.98 Å². The van der Waals surface area contributed by atoms with Crippen molar-refractivity contribution in [3.8, 4) is 28.5 Å². The van der Waals surface area contributed by atoms with Gasteiger partial charge in [0, 0.05) is 28.2 Å². The van der Waals surface area contributed by atoms with Gasteiger partial charge in [0.15, 0.2) is 17.4 Å². The molecular formula is C24H19N7O2S. The Bertz CT molecular complexity index is 1610. The maximum atomic E-state index is 11.9. The Morgan fingerprint density at radius 3 is 2.88 bits per heavy atom. The molecule has 6 rings (SSSR count). The van der Waals surface area contributed by atoms with Crippen LogP contribution in [0.4, 0.5) is 5.82 Å². The smallest absolute Gasteiger partial charge is 0.174 e. The van der Waals surface area contributed by atoms with Crippen molar-refractivity contribution in [3.05, 3.63) is 58.3 Å². The molecule has 5 aromatic rings. The average molecular weight is 470 g/mol. The molecule has 0 aromatic carbocycles. The Kier molecular flexibility index (Phi) is 4.46. The number of thiophene rings is 1. The molecule has 3 N–H and O–H groups in total. The van der Waals surface area contributed by atoms with Crippen LogP contribution in [0.15, 0.2) is 47.8 Å². The van der Waals surface area contributed by atoms with E-state index in [0.717, 1.165) is 26.4 Å². The van der Waals surface area contributed by atoms with Gasteiger partial charge in [0.05, 0.1) is 39.6 Å². The van der Waals surface area contributed by atoms with Gasteiger partial charge in [0.2, 0.25) is 0 Å². The van der Waals surface area contributed by atoms with Crippen molar-refractivity contribution < 1.29 is 9.90 Å². The Morgan fingerprint density at radius 1 is 1.21 bits per heavy atom. The minimum atomic E-state index is -0.382. The highest BCUT2D eigenvalue weighted by atomic mass is 32.1. The number of hydrogen-bond acceptors (Lipinski definition) is 8. The molecule has 9 nitrogen and oxygen atoms in total. The Labute approximate surface area is 197 Å². The fourth-order valence-corrected chi connectivity index (χ4v) is 5.30. The number of hydrogen-bond donors (Lipinski definition) is 3. The number of fused-ring (bicyclic) bond motifs is 2. The second-order valence-electron chi connectivity index (χ2n) is 8.47. The fourth-order valence-electron chi connectivity index (χ4n) is 4.24. The van der Waals surface area contributed by atoms with Gasteiger partial charge >= 0.3 is 0 Å². The Hall–Kier alpha value is -4.18. The first-order valence-corrected chi connectivity index (χ1v) is 11.5. The molecule has 1 aliphatic heterocycles. The van der Waals surface area contributed by atoms with E-state index in [4.69, 9.17) is 4.98 Å². The molecule has 0 aliphatic carbocycles. The molecule has 168 valence electrons. The molecule has 0 radical (unpaired) electrons. The maximum Gasteiger partial charge on any atom is 0.174 e. The fraction of sp³-hybridized carbons (Fsp3) is 0.167. The quantitative estimate of drug-likeness (QED) is 0.324. The van der Waals surface area contributed by atoms with E-state index >= 15 is 0 Å². The number of aromatic hydroxyl groups is 1. The minimum absolute atomic E-state index is 0.0594. The van der Waals surface area contributed by atoms with E-state index in [1.807, 2.05) is 24.4 Å². The average Bonchev–Trinajstić information content (AvgIpc) is 3.56. The van der Waals surface area contributed by atoms with Gasteiger partial charge in [-0.15, -0.1) is 11.3 Å². The summed E-state index contributed by atoms with van der Waals surface area (Å²) in [4.78, 5) is 34.9. The lowest BCUT2D eigenvalue weighted by atomic mass is 9.81. The van der Waals surface area contributed by atoms with Crippen molar-refractivity contribution >= 4 is 40.1 Å². The van der Waals surface area contributed by atoms with Crippen molar-refractivity contribution in [2.24, 2.45) is 4.99 Å². The van der Waals surface area contributed by atoms with E-state index in [2.05, 4.69) is 37.1 Å². The van der Waals surface area contributed by atoms with E-state index in [0.29, 0.717) is 35.0 Å². The number of pyridine rings is 2. The second kappa shape index (κ2) is 7.42. The summed E-state index contributed by atoms with van der Waals surface area (Å²) in [6.07, 6.45) is 7.29. The van der Waals surface area contributed by atoms with Gasteiger partial charge in [0.25, 0.3) is 0 Å². The molecule has 6 heterocycles. The number of aliphatic imine (C=N–C) groups is 1. The molecule has 5 aromatic heterocycles. The highest BCUT2D eigenvalue weighted by molar-refractivity contribution is 7.14.